The molecule has 2 N–H and O–H groups in total. The maximum atomic E-state index is 12.0. The number of rotatable bonds is 10. The fourth-order valence-corrected chi connectivity index (χ4v) is 2.96. The Labute approximate surface area is 178 Å². The first-order chi connectivity index (χ1) is 15.2. The van der Waals surface area contributed by atoms with Gasteiger partial charge in [-0.15, -0.1) is 10.2 Å². The Morgan fingerprint density at radius 2 is 2.03 bits per heavy atom. The summed E-state index contributed by atoms with van der Waals surface area (Å²) in [6, 6.07) is 14.8. The number of hydrogen-bond acceptors (Lipinski definition) is 8. The lowest BCUT2D eigenvalue weighted by molar-refractivity contribution is -0.121. The quantitative estimate of drug-likeness (QED) is 0.500. The highest BCUT2D eigenvalue weighted by Crippen LogP contribution is 2.35. The van der Waals surface area contributed by atoms with E-state index >= 15 is 0 Å². The largest absolute Gasteiger partial charge is 0.491 e. The molecule has 2 aromatic carbocycles. The van der Waals surface area contributed by atoms with E-state index in [1.807, 2.05) is 30.3 Å². The van der Waals surface area contributed by atoms with Crippen molar-refractivity contribution in [2.75, 3.05) is 19.9 Å². The Hall–Kier alpha value is -3.66. The molecule has 1 aliphatic rings. The van der Waals surface area contributed by atoms with Gasteiger partial charge >= 0.3 is 0 Å². The smallest absolute Gasteiger partial charge is 0.231 e. The van der Waals surface area contributed by atoms with E-state index in [1.54, 1.807) is 18.2 Å². The third-order valence-corrected chi connectivity index (χ3v) is 4.57. The number of ether oxygens (including phenoxy) is 3. The molecule has 1 unspecified atom stereocenters. The highest BCUT2D eigenvalue weighted by Gasteiger charge is 2.15. The molecule has 0 aliphatic carbocycles. The molecule has 0 spiro atoms. The summed E-state index contributed by atoms with van der Waals surface area (Å²) in [6.07, 6.45) is 0.0119. The van der Waals surface area contributed by atoms with Crippen molar-refractivity contribution in [1.29, 1.82) is 0 Å². The molecule has 0 bridgehead atoms. The molecule has 3 aromatic rings. The molecule has 4 rings (SSSR count). The third-order valence-electron chi connectivity index (χ3n) is 4.57. The number of carbonyl (C=O) groups is 1. The van der Waals surface area contributed by atoms with Gasteiger partial charge in [0.15, 0.2) is 11.5 Å². The topological polar surface area (TPSA) is 121 Å². The number of aliphatic hydroxyl groups is 1. The monoisotopic (exact) mass is 425 g/mol. The van der Waals surface area contributed by atoms with Gasteiger partial charge in [-0.2, -0.15) is 4.80 Å². The summed E-state index contributed by atoms with van der Waals surface area (Å²) >= 11 is 0. The second-order valence-corrected chi connectivity index (χ2v) is 6.96. The average Bonchev–Trinajstić information content (AvgIpc) is 3.46. The zero-order chi connectivity index (χ0) is 21.5. The summed E-state index contributed by atoms with van der Waals surface area (Å²) in [5.74, 6) is 2.22. The minimum absolute atomic E-state index is 0.0467. The zero-order valence-corrected chi connectivity index (χ0v) is 16.8. The molecule has 0 saturated heterocycles. The third kappa shape index (κ3) is 5.70. The van der Waals surface area contributed by atoms with Crippen molar-refractivity contribution in [3.63, 3.8) is 0 Å². The predicted molar refractivity (Wildman–Crippen MR) is 110 cm³/mol. The lowest BCUT2D eigenvalue weighted by atomic mass is 10.2. The number of aryl methyl sites for hydroxylation is 1. The number of fused-ring (bicyclic) bond motifs is 1. The Balaban J connectivity index is 1.12. The first kappa shape index (κ1) is 20.6. The first-order valence-corrected chi connectivity index (χ1v) is 9.98. The SMILES string of the molecule is O=C(CCCn1nnc(-c2ccccc2)n1)NCC(O)COc1ccc2c(c1)OCO2. The van der Waals surface area contributed by atoms with Crippen molar-refractivity contribution >= 4 is 5.91 Å². The van der Waals surface area contributed by atoms with Gasteiger partial charge in [-0.1, -0.05) is 30.3 Å². The van der Waals surface area contributed by atoms with Crippen LogP contribution < -0.4 is 19.5 Å². The molecular formula is C21H23N5O5. The van der Waals surface area contributed by atoms with Gasteiger partial charge in [0.2, 0.25) is 18.5 Å². The molecule has 1 amide bonds. The molecule has 2 heterocycles. The van der Waals surface area contributed by atoms with Crippen LogP contribution in [0, 0.1) is 0 Å². The predicted octanol–water partition coefficient (Wildman–Crippen LogP) is 1.41. The second-order valence-electron chi connectivity index (χ2n) is 6.96. The van der Waals surface area contributed by atoms with Crippen molar-refractivity contribution < 1.29 is 24.1 Å². The Bertz CT molecular complexity index is 1010. The summed E-state index contributed by atoms with van der Waals surface area (Å²) < 4.78 is 16.1. The molecule has 10 heteroatoms. The first-order valence-electron chi connectivity index (χ1n) is 9.98. The summed E-state index contributed by atoms with van der Waals surface area (Å²) in [5.41, 5.74) is 0.892. The van der Waals surface area contributed by atoms with Crippen LogP contribution in [0.25, 0.3) is 11.4 Å². The number of tetrazole rings is 1. The summed E-state index contributed by atoms with van der Waals surface area (Å²) in [4.78, 5) is 13.5. The Morgan fingerprint density at radius 1 is 1.19 bits per heavy atom. The normalized spacial score (nSPS) is 13.1. The molecule has 31 heavy (non-hydrogen) atoms. The van der Waals surface area contributed by atoms with Gasteiger partial charge in [-0.3, -0.25) is 4.79 Å². The van der Waals surface area contributed by atoms with Gasteiger partial charge in [0.05, 0.1) is 6.54 Å². The summed E-state index contributed by atoms with van der Waals surface area (Å²) in [6.45, 7) is 0.811. The summed E-state index contributed by atoms with van der Waals surface area (Å²) in [7, 11) is 0. The second kappa shape index (κ2) is 9.90. The minimum Gasteiger partial charge on any atom is -0.491 e. The van der Waals surface area contributed by atoms with Crippen LogP contribution >= 0.6 is 0 Å². The van der Waals surface area contributed by atoms with Crippen molar-refractivity contribution in [2.45, 2.75) is 25.5 Å². The van der Waals surface area contributed by atoms with E-state index in [0.29, 0.717) is 36.0 Å². The molecular weight excluding hydrogens is 402 g/mol. The van der Waals surface area contributed by atoms with Crippen molar-refractivity contribution in [1.82, 2.24) is 25.5 Å². The van der Waals surface area contributed by atoms with E-state index in [9.17, 15) is 9.90 Å². The van der Waals surface area contributed by atoms with Crippen LogP contribution in [0.1, 0.15) is 12.8 Å². The van der Waals surface area contributed by atoms with Crippen LogP contribution in [0.15, 0.2) is 48.5 Å². The van der Waals surface area contributed by atoms with Gasteiger partial charge in [0.1, 0.15) is 18.5 Å². The molecule has 1 aromatic heterocycles. The van der Waals surface area contributed by atoms with E-state index < -0.39 is 6.10 Å². The average molecular weight is 425 g/mol. The van der Waals surface area contributed by atoms with Gasteiger partial charge in [0.25, 0.3) is 0 Å². The van der Waals surface area contributed by atoms with Crippen LogP contribution in [0.3, 0.4) is 0 Å². The number of aliphatic hydroxyl groups excluding tert-OH is 1. The molecule has 10 nitrogen and oxygen atoms in total. The van der Waals surface area contributed by atoms with Gasteiger partial charge < -0.3 is 24.6 Å². The van der Waals surface area contributed by atoms with Gasteiger partial charge in [-0.25, -0.2) is 0 Å². The lowest BCUT2D eigenvalue weighted by Crippen LogP contribution is -2.35. The van der Waals surface area contributed by atoms with Crippen molar-refractivity contribution in [3.8, 4) is 28.6 Å². The van der Waals surface area contributed by atoms with E-state index in [1.165, 1.54) is 4.80 Å². The molecule has 162 valence electrons. The number of benzene rings is 2. The highest BCUT2D eigenvalue weighted by molar-refractivity contribution is 5.75. The zero-order valence-electron chi connectivity index (χ0n) is 16.8. The number of hydrogen-bond donors (Lipinski definition) is 2. The number of nitrogens with zero attached hydrogens (tertiary/aromatic N) is 4. The number of nitrogens with one attached hydrogen (secondary N) is 1. The summed E-state index contributed by atoms with van der Waals surface area (Å²) in [5, 5.41) is 25.1. The van der Waals surface area contributed by atoms with E-state index in [-0.39, 0.29) is 32.3 Å². The minimum atomic E-state index is -0.834. The van der Waals surface area contributed by atoms with Crippen LogP contribution in [-0.2, 0) is 11.3 Å². The number of carbonyl (C=O) groups excluding carboxylic acids is 1. The fourth-order valence-electron chi connectivity index (χ4n) is 2.96. The van der Waals surface area contributed by atoms with Crippen molar-refractivity contribution in [2.24, 2.45) is 0 Å². The number of aromatic nitrogens is 4. The van der Waals surface area contributed by atoms with E-state index in [0.717, 1.165) is 5.56 Å². The number of amides is 1. The van der Waals surface area contributed by atoms with Crippen molar-refractivity contribution in [3.05, 3.63) is 48.5 Å². The van der Waals surface area contributed by atoms with E-state index in [4.69, 9.17) is 14.2 Å². The van der Waals surface area contributed by atoms with Crippen LogP contribution in [-0.4, -0.2) is 57.3 Å². The lowest BCUT2D eigenvalue weighted by Gasteiger charge is -2.13. The Kier molecular flexibility index (Phi) is 6.58. The van der Waals surface area contributed by atoms with Crippen LogP contribution in [0.4, 0.5) is 0 Å². The standard InChI is InChI=1S/C21H23N5O5/c27-16(13-29-17-8-9-18-19(11-17)31-14-30-18)12-22-20(28)7-4-10-26-24-21(23-25-26)15-5-2-1-3-6-15/h1-3,5-6,8-9,11,16,27H,4,7,10,12-14H2,(H,22,28). The molecule has 0 saturated carbocycles. The molecule has 1 atom stereocenters. The van der Waals surface area contributed by atoms with Crippen LogP contribution in [0.2, 0.25) is 0 Å². The van der Waals surface area contributed by atoms with Gasteiger partial charge in [0, 0.05) is 24.6 Å². The highest BCUT2D eigenvalue weighted by atomic mass is 16.7. The van der Waals surface area contributed by atoms with Crippen LogP contribution in [0.5, 0.6) is 17.2 Å². The Morgan fingerprint density at radius 3 is 2.90 bits per heavy atom. The molecule has 0 fully saturated rings. The fraction of sp³-hybridized carbons (Fsp3) is 0.333. The van der Waals surface area contributed by atoms with E-state index in [2.05, 4.69) is 20.7 Å². The molecule has 0 radical (unpaired) electrons. The maximum absolute atomic E-state index is 12.0. The van der Waals surface area contributed by atoms with Gasteiger partial charge in [-0.05, 0) is 23.8 Å². The maximum Gasteiger partial charge on any atom is 0.231 e. The molecule has 1 aliphatic heterocycles.